The van der Waals surface area contributed by atoms with E-state index in [9.17, 15) is 8.42 Å². The maximum Gasteiger partial charge on any atom is 0.191 e. The molecule has 1 aromatic rings. The number of hydrogen-bond donors (Lipinski definition) is 2. The van der Waals surface area contributed by atoms with Crippen LogP contribution in [0.3, 0.4) is 0 Å². The van der Waals surface area contributed by atoms with E-state index >= 15 is 0 Å². The number of benzene rings is 1. The molecule has 0 fully saturated rings. The highest BCUT2D eigenvalue weighted by Gasteiger charge is 2.20. The molecule has 2 N–H and O–H groups in total. The predicted molar refractivity (Wildman–Crippen MR) is 136 cm³/mol. The van der Waals surface area contributed by atoms with Crippen LogP contribution in [-0.4, -0.2) is 46.0 Å². The molecule has 0 radical (unpaired) electrons. The maximum absolute atomic E-state index is 11.4. The van der Waals surface area contributed by atoms with E-state index in [4.69, 9.17) is 0 Å². The van der Waals surface area contributed by atoms with Gasteiger partial charge in [-0.2, -0.15) is 0 Å². The van der Waals surface area contributed by atoms with Crippen molar-refractivity contribution < 1.29 is 8.42 Å². The Labute approximate surface area is 195 Å². The fourth-order valence-corrected chi connectivity index (χ4v) is 3.67. The average Bonchev–Trinajstić information content (AvgIpc) is 2.61. The van der Waals surface area contributed by atoms with Gasteiger partial charge in [0.1, 0.15) is 9.84 Å². The normalized spacial score (nSPS) is 12.6. The van der Waals surface area contributed by atoms with E-state index in [1.165, 1.54) is 17.4 Å². The molecular weight excluding hydrogens is 497 g/mol. The lowest BCUT2D eigenvalue weighted by molar-refractivity contribution is 0.365. The summed E-state index contributed by atoms with van der Waals surface area (Å²) in [6, 6.07) is 8.88. The largest absolute Gasteiger partial charge is 0.357 e. The highest BCUT2D eigenvalue weighted by molar-refractivity contribution is 14.0. The number of sulfone groups is 1. The van der Waals surface area contributed by atoms with Crippen LogP contribution in [0.2, 0.25) is 0 Å². The van der Waals surface area contributed by atoms with Crippen LogP contribution < -0.4 is 10.6 Å². The van der Waals surface area contributed by atoms with E-state index in [-0.39, 0.29) is 35.1 Å². The topological polar surface area (TPSA) is 70.6 Å². The number of nitrogens with zero attached hydrogens (tertiary/aromatic N) is 1. The van der Waals surface area contributed by atoms with Crippen LogP contribution in [0.15, 0.2) is 29.3 Å². The molecule has 0 spiro atoms. The summed E-state index contributed by atoms with van der Waals surface area (Å²) in [6.07, 6.45) is 3.96. The van der Waals surface area contributed by atoms with Crippen molar-refractivity contribution in [3.05, 3.63) is 35.4 Å². The minimum Gasteiger partial charge on any atom is -0.357 e. The Morgan fingerprint density at radius 3 is 2.28 bits per heavy atom. The molecule has 1 aromatic carbocycles. The summed E-state index contributed by atoms with van der Waals surface area (Å²) < 4.78 is 22.8. The minimum atomic E-state index is -2.94. The third-order valence-electron chi connectivity index (χ3n) is 4.74. The number of nitrogens with one attached hydrogen (secondary N) is 2. The number of rotatable bonds is 11. The minimum absolute atomic E-state index is 0. The molecule has 0 heterocycles. The summed E-state index contributed by atoms with van der Waals surface area (Å²) in [6.45, 7) is 12.8. The van der Waals surface area contributed by atoms with Crippen molar-refractivity contribution in [3.63, 3.8) is 0 Å². The molecular formula is C22H40IN3O2S. The molecule has 0 atom stereocenters. The molecule has 0 aromatic heterocycles. The molecule has 168 valence electrons. The van der Waals surface area contributed by atoms with Gasteiger partial charge in [-0.25, -0.2) is 8.42 Å². The fraction of sp³-hybridized carbons (Fsp3) is 0.682. The van der Waals surface area contributed by atoms with Gasteiger partial charge in [0.2, 0.25) is 0 Å². The van der Waals surface area contributed by atoms with Gasteiger partial charge in [0.05, 0.1) is 5.75 Å². The van der Waals surface area contributed by atoms with Gasteiger partial charge in [-0.1, -0.05) is 52.0 Å². The molecule has 1 rings (SSSR count). The van der Waals surface area contributed by atoms with E-state index in [1.54, 1.807) is 0 Å². The Morgan fingerprint density at radius 2 is 1.76 bits per heavy atom. The molecule has 0 amide bonds. The van der Waals surface area contributed by atoms with Crippen LogP contribution >= 0.6 is 24.0 Å². The van der Waals surface area contributed by atoms with Gasteiger partial charge in [-0.15, -0.1) is 24.0 Å². The maximum atomic E-state index is 11.4. The number of aliphatic imine (C=N–C) groups is 1. The molecule has 5 nitrogen and oxygen atoms in total. The first kappa shape index (κ1) is 28.2. The first-order chi connectivity index (χ1) is 13.0. The Hall–Kier alpha value is -0.830. The third-order valence-corrected chi connectivity index (χ3v) is 5.69. The third kappa shape index (κ3) is 13.2. The van der Waals surface area contributed by atoms with Gasteiger partial charge in [0, 0.05) is 25.9 Å². The summed E-state index contributed by atoms with van der Waals surface area (Å²) in [5.41, 5.74) is 2.58. The van der Waals surface area contributed by atoms with E-state index in [2.05, 4.69) is 67.6 Å². The van der Waals surface area contributed by atoms with Crippen molar-refractivity contribution in [3.8, 4) is 0 Å². The summed E-state index contributed by atoms with van der Waals surface area (Å²) >= 11 is 0. The first-order valence-corrected chi connectivity index (χ1v) is 12.4. The van der Waals surface area contributed by atoms with Crippen LogP contribution in [-0.2, 0) is 16.3 Å². The molecule has 0 aliphatic heterocycles. The van der Waals surface area contributed by atoms with Gasteiger partial charge < -0.3 is 10.6 Å². The van der Waals surface area contributed by atoms with E-state index in [0.717, 1.165) is 31.9 Å². The lowest BCUT2D eigenvalue weighted by atomic mass is 9.90. The highest BCUT2D eigenvalue weighted by atomic mass is 127. The summed E-state index contributed by atoms with van der Waals surface area (Å²) in [4.78, 5) is 4.66. The van der Waals surface area contributed by atoms with Gasteiger partial charge >= 0.3 is 0 Å². The molecule has 0 saturated heterocycles. The quantitative estimate of drug-likeness (QED) is 0.190. The van der Waals surface area contributed by atoms with Crippen molar-refractivity contribution in [2.75, 3.05) is 31.6 Å². The molecule has 0 saturated carbocycles. The number of halogens is 1. The van der Waals surface area contributed by atoms with Crippen molar-refractivity contribution in [1.29, 1.82) is 0 Å². The van der Waals surface area contributed by atoms with E-state index in [1.807, 2.05) is 6.92 Å². The van der Waals surface area contributed by atoms with Crippen LogP contribution in [0, 0.1) is 5.41 Å². The number of aryl methyl sites for hydroxylation is 1. The average molecular weight is 538 g/mol. The van der Waals surface area contributed by atoms with Gasteiger partial charge in [-0.3, -0.25) is 4.99 Å². The monoisotopic (exact) mass is 537 g/mol. The lowest BCUT2D eigenvalue weighted by Gasteiger charge is -2.22. The number of hydrogen-bond acceptors (Lipinski definition) is 3. The molecule has 0 aliphatic carbocycles. The zero-order valence-electron chi connectivity index (χ0n) is 18.9. The summed E-state index contributed by atoms with van der Waals surface area (Å²) in [5, 5.41) is 6.65. The van der Waals surface area contributed by atoms with E-state index < -0.39 is 9.84 Å². The fourth-order valence-electron chi connectivity index (χ4n) is 2.74. The summed E-state index contributed by atoms with van der Waals surface area (Å²) in [7, 11) is -2.94. The standard InChI is InChI=1S/C22H39N3O2S.HI/c1-7-23-21(25-17-22(4,5)14-16-28(6,26)27)24-15-8-9-19-10-12-20(13-11-19)18(2)3;/h10-13,18H,7-9,14-17H2,1-6H3,(H2,23,24,25);1H. The lowest BCUT2D eigenvalue weighted by Crippen LogP contribution is -2.38. The molecule has 0 unspecified atom stereocenters. The SMILES string of the molecule is CCNC(=NCC(C)(C)CCS(C)(=O)=O)NCCCc1ccc(C(C)C)cc1.I. The van der Waals surface area contributed by atoms with Gasteiger partial charge in [0.15, 0.2) is 5.96 Å². The number of guanidine groups is 1. The molecule has 0 aliphatic rings. The Morgan fingerprint density at radius 1 is 1.14 bits per heavy atom. The zero-order chi connectivity index (χ0) is 21.2. The van der Waals surface area contributed by atoms with Crippen LogP contribution in [0.1, 0.15) is 64.5 Å². The smallest absolute Gasteiger partial charge is 0.191 e. The van der Waals surface area contributed by atoms with Gasteiger partial charge in [-0.05, 0) is 48.6 Å². The molecule has 0 bridgehead atoms. The zero-order valence-corrected chi connectivity index (χ0v) is 22.1. The van der Waals surface area contributed by atoms with Crippen molar-refractivity contribution >= 4 is 39.8 Å². The van der Waals surface area contributed by atoms with Crippen molar-refractivity contribution in [2.45, 2.75) is 59.8 Å². The molecule has 29 heavy (non-hydrogen) atoms. The predicted octanol–water partition coefficient (Wildman–Crippen LogP) is 4.38. The second-order valence-corrected chi connectivity index (χ2v) is 10.9. The van der Waals surface area contributed by atoms with Crippen molar-refractivity contribution in [1.82, 2.24) is 10.6 Å². The first-order valence-electron chi connectivity index (χ1n) is 10.3. The van der Waals surface area contributed by atoms with E-state index in [0.29, 0.717) is 18.9 Å². The van der Waals surface area contributed by atoms with Crippen LogP contribution in [0.4, 0.5) is 0 Å². The Bertz CT molecular complexity index is 714. The Kier molecular flexibility index (Phi) is 13.1. The van der Waals surface area contributed by atoms with Crippen LogP contribution in [0.5, 0.6) is 0 Å². The highest BCUT2D eigenvalue weighted by Crippen LogP contribution is 2.21. The van der Waals surface area contributed by atoms with Crippen LogP contribution in [0.25, 0.3) is 0 Å². The Balaban J connectivity index is 0.00000784. The summed E-state index contributed by atoms with van der Waals surface area (Å²) in [5.74, 6) is 1.57. The van der Waals surface area contributed by atoms with Gasteiger partial charge in [0.25, 0.3) is 0 Å². The molecule has 7 heteroatoms. The second kappa shape index (κ2) is 13.5. The van der Waals surface area contributed by atoms with Crippen molar-refractivity contribution in [2.24, 2.45) is 10.4 Å². The second-order valence-electron chi connectivity index (χ2n) is 8.67.